The molecule has 0 N–H and O–H groups in total. The summed E-state index contributed by atoms with van der Waals surface area (Å²) in [7, 11) is 0. The van der Waals surface area contributed by atoms with Crippen molar-refractivity contribution in [3.8, 4) is 27.9 Å². The molecule has 1 aromatic heterocycles. The third kappa shape index (κ3) is 3.90. The summed E-state index contributed by atoms with van der Waals surface area (Å²) in [5.41, 5.74) is 8.61. The van der Waals surface area contributed by atoms with Crippen molar-refractivity contribution in [2.24, 2.45) is 0 Å². The van der Waals surface area contributed by atoms with Crippen molar-refractivity contribution in [3.63, 3.8) is 0 Å². The van der Waals surface area contributed by atoms with Gasteiger partial charge in [0.2, 0.25) is 0 Å². The molecule has 0 radical (unpaired) electrons. The Kier molecular flexibility index (Phi) is 5.64. The molecule has 0 saturated carbocycles. The highest BCUT2D eigenvalue weighted by Gasteiger charge is 2.21. The molecule has 1 nitrogen and oxygen atoms in total. The minimum absolute atomic E-state index is 1.18. The summed E-state index contributed by atoms with van der Waals surface area (Å²) in [6, 6.07) is 64.4. The molecule has 0 aliphatic carbocycles. The molecule has 0 fully saturated rings. The molecular weight excluding hydrogens is 567 g/mol. The lowest BCUT2D eigenvalue weighted by molar-refractivity contribution is 1.19. The van der Waals surface area contributed by atoms with E-state index in [-0.39, 0.29) is 0 Å². The maximum Gasteiger partial charge on any atom is 0.0626 e. The number of nitrogens with zero attached hydrogens (tertiary/aromatic N) is 1. The van der Waals surface area contributed by atoms with Crippen molar-refractivity contribution in [3.05, 3.63) is 176 Å². The van der Waals surface area contributed by atoms with Gasteiger partial charge in [0.1, 0.15) is 0 Å². The highest BCUT2D eigenvalue weighted by Crippen LogP contribution is 2.47. The van der Waals surface area contributed by atoms with Gasteiger partial charge >= 0.3 is 0 Å². The maximum absolute atomic E-state index is 2.46. The second-order valence-corrected chi connectivity index (χ2v) is 12.5. The number of hydrogen-bond acceptors (Lipinski definition) is 0. The summed E-state index contributed by atoms with van der Waals surface area (Å²) in [5.74, 6) is 0. The highest BCUT2D eigenvalue weighted by atomic mass is 15.0. The molecule has 47 heavy (non-hydrogen) atoms. The Bertz CT molecular complexity index is 2820. The van der Waals surface area contributed by atoms with Crippen LogP contribution in [0.25, 0.3) is 92.8 Å². The first-order valence-corrected chi connectivity index (χ1v) is 16.3. The van der Waals surface area contributed by atoms with Crippen LogP contribution in [0.1, 0.15) is 0 Å². The van der Waals surface area contributed by atoms with Crippen LogP contribution in [-0.2, 0) is 0 Å². The van der Waals surface area contributed by atoms with E-state index in [1.54, 1.807) is 0 Å². The number of aromatic nitrogens is 1. The van der Waals surface area contributed by atoms with Crippen LogP contribution in [-0.4, -0.2) is 4.57 Å². The SMILES string of the molecule is c1ccc(-n2c3ccccc3c3c4c5ccccc5c(-c5ccc(-c6ccc7ccccc7c6)cc5)cc4c4ccccc4c32)cc1. The molecule has 10 aromatic rings. The standard InChI is InChI=1S/C46H29N/c1-2-14-35(15-3-1)47-43-21-11-10-20-40(43)45-44-38-18-8-6-16-36(38)41(29-42(44)37-17-7-9-19-39(37)46(45)47)32-25-22-31(23-26-32)34-27-24-30-12-4-5-13-33(30)28-34/h1-29H. The molecule has 1 heteroatoms. The summed E-state index contributed by atoms with van der Waals surface area (Å²) in [4.78, 5) is 0. The van der Waals surface area contributed by atoms with Crippen molar-refractivity contribution in [1.82, 2.24) is 4.57 Å². The highest BCUT2D eigenvalue weighted by molar-refractivity contribution is 6.38. The minimum atomic E-state index is 1.18. The molecular formula is C46H29N. The Morgan fingerprint density at radius 3 is 1.72 bits per heavy atom. The monoisotopic (exact) mass is 595 g/mol. The van der Waals surface area contributed by atoms with E-state index in [0.717, 1.165) is 0 Å². The van der Waals surface area contributed by atoms with Crippen LogP contribution < -0.4 is 0 Å². The van der Waals surface area contributed by atoms with Crippen molar-refractivity contribution < 1.29 is 0 Å². The summed E-state index contributed by atoms with van der Waals surface area (Å²) < 4.78 is 2.46. The summed E-state index contributed by atoms with van der Waals surface area (Å²) >= 11 is 0. The molecule has 0 saturated heterocycles. The first kappa shape index (κ1) is 26.1. The maximum atomic E-state index is 2.46. The van der Waals surface area contributed by atoms with Crippen molar-refractivity contribution in [2.75, 3.05) is 0 Å². The predicted octanol–water partition coefficient (Wildman–Crippen LogP) is 12.7. The van der Waals surface area contributed by atoms with Crippen LogP contribution in [0.15, 0.2) is 176 Å². The van der Waals surface area contributed by atoms with Gasteiger partial charge in [-0.2, -0.15) is 0 Å². The lowest BCUT2D eigenvalue weighted by atomic mass is 9.88. The van der Waals surface area contributed by atoms with Gasteiger partial charge in [0.05, 0.1) is 11.0 Å². The van der Waals surface area contributed by atoms with Gasteiger partial charge < -0.3 is 4.57 Å². The Morgan fingerprint density at radius 1 is 0.319 bits per heavy atom. The van der Waals surface area contributed by atoms with Gasteiger partial charge in [-0.05, 0) is 84.9 Å². The smallest absolute Gasteiger partial charge is 0.0626 e. The number of fused-ring (bicyclic) bond motifs is 11. The van der Waals surface area contributed by atoms with Crippen LogP contribution in [0, 0.1) is 0 Å². The van der Waals surface area contributed by atoms with Gasteiger partial charge in [-0.3, -0.25) is 0 Å². The molecule has 0 aliphatic rings. The number of rotatable bonds is 3. The molecule has 0 amide bonds. The molecule has 0 aliphatic heterocycles. The van der Waals surface area contributed by atoms with Gasteiger partial charge in [0.15, 0.2) is 0 Å². The first-order chi connectivity index (χ1) is 23.3. The zero-order chi connectivity index (χ0) is 30.9. The molecule has 10 rings (SSSR count). The van der Waals surface area contributed by atoms with Crippen molar-refractivity contribution in [1.29, 1.82) is 0 Å². The average Bonchev–Trinajstić information content (AvgIpc) is 3.50. The molecule has 0 unspecified atom stereocenters. The van der Waals surface area contributed by atoms with E-state index >= 15 is 0 Å². The number of benzene rings is 9. The van der Waals surface area contributed by atoms with Crippen molar-refractivity contribution in [2.45, 2.75) is 0 Å². The van der Waals surface area contributed by atoms with Gasteiger partial charge in [0.25, 0.3) is 0 Å². The van der Waals surface area contributed by atoms with Crippen molar-refractivity contribution >= 4 is 64.9 Å². The molecule has 218 valence electrons. The van der Waals surface area contributed by atoms with Crippen LogP contribution in [0.2, 0.25) is 0 Å². The van der Waals surface area contributed by atoms with Crippen LogP contribution in [0.3, 0.4) is 0 Å². The zero-order valence-electron chi connectivity index (χ0n) is 25.7. The second-order valence-electron chi connectivity index (χ2n) is 12.5. The van der Waals surface area contributed by atoms with Gasteiger partial charge in [-0.1, -0.05) is 146 Å². The molecule has 0 bridgehead atoms. The lowest BCUT2D eigenvalue weighted by Gasteiger charge is -2.16. The average molecular weight is 596 g/mol. The molecule has 9 aromatic carbocycles. The minimum Gasteiger partial charge on any atom is -0.309 e. The Morgan fingerprint density at radius 2 is 0.915 bits per heavy atom. The fourth-order valence-corrected chi connectivity index (χ4v) is 7.82. The lowest BCUT2D eigenvalue weighted by Crippen LogP contribution is -1.94. The predicted molar refractivity (Wildman–Crippen MR) is 202 cm³/mol. The third-order valence-electron chi connectivity index (χ3n) is 9.93. The van der Waals surface area contributed by atoms with E-state index in [4.69, 9.17) is 0 Å². The van der Waals surface area contributed by atoms with E-state index < -0.39 is 0 Å². The van der Waals surface area contributed by atoms with Gasteiger partial charge in [-0.25, -0.2) is 0 Å². The van der Waals surface area contributed by atoms with Crippen LogP contribution in [0.5, 0.6) is 0 Å². The molecule has 1 heterocycles. The van der Waals surface area contributed by atoms with Crippen LogP contribution >= 0.6 is 0 Å². The fourth-order valence-electron chi connectivity index (χ4n) is 7.82. The Balaban J connectivity index is 1.28. The van der Waals surface area contributed by atoms with Gasteiger partial charge in [-0.15, -0.1) is 0 Å². The van der Waals surface area contributed by atoms with E-state index in [1.807, 2.05) is 0 Å². The van der Waals surface area contributed by atoms with E-state index in [9.17, 15) is 0 Å². The largest absolute Gasteiger partial charge is 0.309 e. The summed E-state index contributed by atoms with van der Waals surface area (Å²) in [5, 5.41) is 12.8. The quantitative estimate of drug-likeness (QED) is 0.179. The summed E-state index contributed by atoms with van der Waals surface area (Å²) in [6.07, 6.45) is 0. The van der Waals surface area contributed by atoms with Gasteiger partial charge in [0, 0.05) is 27.2 Å². The number of hydrogen-bond donors (Lipinski definition) is 0. The van der Waals surface area contributed by atoms with Crippen LogP contribution in [0.4, 0.5) is 0 Å². The Labute approximate surface area is 272 Å². The fraction of sp³-hybridized carbons (Fsp3) is 0. The first-order valence-electron chi connectivity index (χ1n) is 16.3. The topological polar surface area (TPSA) is 4.93 Å². The summed E-state index contributed by atoms with van der Waals surface area (Å²) in [6.45, 7) is 0. The molecule has 0 atom stereocenters. The second kappa shape index (κ2) is 10.2. The normalized spacial score (nSPS) is 11.8. The molecule has 0 spiro atoms. The zero-order valence-corrected chi connectivity index (χ0v) is 25.7. The van der Waals surface area contributed by atoms with E-state index in [2.05, 4.69) is 180 Å². The number of para-hydroxylation sites is 2. The van der Waals surface area contributed by atoms with E-state index in [1.165, 1.54) is 92.8 Å². The Hall–Kier alpha value is -6.18. The third-order valence-corrected chi connectivity index (χ3v) is 9.93. The van der Waals surface area contributed by atoms with E-state index in [0.29, 0.717) is 0 Å².